The molecule has 2 saturated heterocycles. The molecule has 0 amide bonds. The molecule has 0 bridgehead atoms. The van der Waals surface area contributed by atoms with Crippen molar-refractivity contribution in [3.8, 4) is 23.0 Å². The first-order valence-electron chi connectivity index (χ1n) is 16.5. The van der Waals surface area contributed by atoms with E-state index in [4.69, 9.17) is 28.4 Å². The van der Waals surface area contributed by atoms with Crippen LogP contribution in [0.15, 0.2) is 48.6 Å². The van der Waals surface area contributed by atoms with Crippen LogP contribution in [0.1, 0.15) is 37.8 Å². The van der Waals surface area contributed by atoms with Gasteiger partial charge in [-0.2, -0.15) is 0 Å². The minimum atomic E-state index is -1.24. The average Bonchev–Trinajstić information content (AvgIpc) is 3.11. The first-order valence-corrected chi connectivity index (χ1v) is 16.5. The fraction of sp³-hybridized carbons (Fsp3) is 0.514. The first kappa shape index (κ1) is 36.1. The Balaban J connectivity index is 1.26. The molecule has 0 saturated carbocycles. The van der Waals surface area contributed by atoms with E-state index in [1.165, 1.54) is 12.2 Å². The smallest absolute Gasteiger partial charge is 0.169 e. The zero-order valence-corrected chi connectivity index (χ0v) is 28.3. The van der Waals surface area contributed by atoms with Crippen molar-refractivity contribution in [1.29, 1.82) is 0 Å². The number of ether oxygens (including phenoxy) is 6. The Bertz CT molecular complexity index is 1260. The van der Waals surface area contributed by atoms with E-state index < -0.39 is 5.41 Å². The Morgan fingerprint density at radius 1 is 0.681 bits per heavy atom. The third-order valence-corrected chi connectivity index (χ3v) is 8.42. The summed E-state index contributed by atoms with van der Waals surface area (Å²) in [6.07, 6.45) is 8.07. The molecule has 256 valence electrons. The number of benzene rings is 2. The van der Waals surface area contributed by atoms with Crippen molar-refractivity contribution in [3.05, 3.63) is 59.7 Å². The highest BCUT2D eigenvalue weighted by Crippen LogP contribution is 2.31. The van der Waals surface area contributed by atoms with Gasteiger partial charge in [-0.25, -0.2) is 0 Å². The lowest BCUT2D eigenvalue weighted by molar-refractivity contribution is -0.132. The van der Waals surface area contributed by atoms with Crippen LogP contribution in [0.5, 0.6) is 23.0 Å². The molecule has 0 radical (unpaired) electrons. The van der Waals surface area contributed by atoms with Crippen LogP contribution in [-0.2, 0) is 19.1 Å². The molecule has 10 nitrogen and oxygen atoms in total. The van der Waals surface area contributed by atoms with Crippen LogP contribution in [0.4, 0.5) is 0 Å². The van der Waals surface area contributed by atoms with Gasteiger partial charge >= 0.3 is 0 Å². The van der Waals surface area contributed by atoms with Crippen LogP contribution in [0.2, 0.25) is 0 Å². The highest BCUT2D eigenvalue weighted by atomic mass is 16.5. The van der Waals surface area contributed by atoms with Crippen molar-refractivity contribution in [2.24, 2.45) is 5.41 Å². The standard InChI is InChI=1S/C37H50N2O8/c1-37(2,35(40)13-9-29-7-11-31(33(27-29)42-3)46-21-5-15-38-17-23-44-24-18-38)36(41)14-10-30-8-12-32(34(28-30)43-4)47-22-6-16-39-19-25-45-26-20-39/h7-14,27-28H,5-6,15-26H2,1-4H3/b13-9+,14-10+. The number of hydrogen-bond acceptors (Lipinski definition) is 10. The molecular weight excluding hydrogens is 600 g/mol. The Morgan fingerprint density at radius 2 is 1.09 bits per heavy atom. The van der Waals surface area contributed by atoms with E-state index in [0.29, 0.717) is 36.2 Å². The van der Waals surface area contributed by atoms with Crippen LogP contribution in [0.3, 0.4) is 0 Å². The van der Waals surface area contributed by atoms with Crippen molar-refractivity contribution in [1.82, 2.24) is 9.80 Å². The summed E-state index contributed by atoms with van der Waals surface area (Å²) in [5, 5.41) is 0. The molecule has 47 heavy (non-hydrogen) atoms. The number of hydrogen-bond donors (Lipinski definition) is 0. The predicted octanol–water partition coefficient (Wildman–Crippen LogP) is 4.80. The first-order chi connectivity index (χ1) is 22.8. The summed E-state index contributed by atoms with van der Waals surface area (Å²) in [6, 6.07) is 11.0. The minimum absolute atomic E-state index is 0.298. The molecule has 2 aliphatic heterocycles. The predicted molar refractivity (Wildman–Crippen MR) is 183 cm³/mol. The zero-order chi connectivity index (χ0) is 33.5. The molecule has 0 unspecified atom stereocenters. The van der Waals surface area contributed by atoms with Gasteiger partial charge in [0, 0.05) is 39.3 Å². The molecule has 4 rings (SSSR count). The van der Waals surface area contributed by atoms with Gasteiger partial charge in [0.25, 0.3) is 0 Å². The maximum absolute atomic E-state index is 13.1. The lowest BCUT2D eigenvalue weighted by Gasteiger charge is -2.26. The van der Waals surface area contributed by atoms with Crippen LogP contribution in [0.25, 0.3) is 12.2 Å². The summed E-state index contributed by atoms with van der Waals surface area (Å²) >= 11 is 0. The van der Waals surface area contributed by atoms with Crippen molar-refractivity contribution in [2.75, 3.05) is 93.1 Å². The Labute approximate surface area is 279 Å². The Morgan fingerprint density at radius 3 is 1.47 bits per heavy atom. The van der Waals surface area contributed by atoms with Gasteiger partial charge in [0.15, 0.2) is 34.6 Å². The molecule has 0 atom stereocenters. The van der Waals surface area contributed by atoms with Gasteiger partial charge in [-0.15, -0.1) is 0 Å². The SMILES string of the molecule is COc1cc(/C=C/C(=O)C(C)(C)C(=O)/C=C/c2ccc(OCCCN3CCOCC3)c(OC)c2)ccc1OCCCN1CCOCC1. The van der Waals surface area contributed by atoms with Gasteiger partial charge in [0.2, 0.25) is 0 Å². The normalized spacial score (nSPS) is 16.4. The summed E-state index contributed by atoms with van der Waals surface area (Å²) in [7, 11) is 3.18. The van der Waals surface area contributed by atoms with Gasteiger partial charge in [0.1, 0.15) is 0 Å². The maximum Gasteiger partial charge on any atom is 0.169 e. The highest BCUT2D eigenvalue weighted by Gasteiger charge is 2.32. The summed E-state index contributed by atoms with van der Waals surface area (Å²) in [6.45, 7) is 13.3. The van der Waals surface area contributed by atoms with Crippen molar-refractivity contribution in [2.45, 2.75) is 26.7 Å². The van der Waals surface area contributed by atoms with Gasteiger partial charge in [-0.05, 0) is 74.2 Å². The lowest BCUT2D eigenvalue weighted by atomic mass is 9.82. The van der Waals surface area contributed by atoms with E-state index in [1.807, 2.05) is 36.4 Å². The molecule has 0 aliphatic carbocycles. The van der Waals surface area contributed by atoms with E-state index in [-0.39, 0.29) is 11.6 Å². The van der Waals surface area contributed by atoms with Gasteiger partial charge in [-0.3, -0.25) is 19.4 Å². The largest absolute Gasteiger partial charge is 0.493 e. The van der Waals surface area contributed by atoms with Crippen molar-refractivity contribution < 1.29 is 38.0 Å². The Hall–Kier alpha value is -3.70. The number of carbonyl (C=O) groups is 2. The number of methoxy groups -OCH3 is 2. The lowest BCUT2D eigenvalue weighted by Crippen LogP contribution is -2.37. The summed E-state index contributed by atoms with van der Waals surface area (Å²) in [4.78, 5) is 31.0. The number of nitrogens with zero attached hydrogens (tertiary/aromatic N) is 2. The number of carbonyl (C=O) groups excluding carboxylic acids is 2. The van der Waals surface area contributed by atoms with E-state index in [1.54, 1.807) is 40.2 Å². The number of allylic oxidation sites excluding steroid dienone is 2. The van der Waals surface area contributed by atoms with Crippen LogP contribution >= 0.6 is 0 Å². The second-order valence-electron chi connectivity index (χ2n) is 12.2. The van der Waals surface area contributed by atoms with Gasteiger partial charge in [-0.1, -0.05) is 24.3 Å². The molecule has 0 aromatic heterocycles. The van der Waals surface area contributed by atoms with Crippen molar-refractivity contribution >= 4 is 23.7 Å². The minimum Gasteiger partial charge on any atom is -0.493 e. The summed E-state index contributed by atoms with van der Waals surface area (Å²) in [5.74, 6) is 1.88. The molecule has 10 heteroatoms. The quantitative estimate of drug-likeness (QED) is 0.127. The molecule has 0 N–H and O–H groups in total. The third kappa shape index (κ3) is 11.2. The molecule has 2 aromatic carbocycles. The topological polar surface area (TPSA) is 96.0 Å². The zero-order valence-electron chi connectivity index (χ0n) is 28.3. The molecule has 2 aromatic rings. The van der Waals surface area contributed by atoms with Crippen LogP contribution in [-0.4, -0.2) is 114 Å². The van der Waals surface area contributed by atoms with Gasteiger partial charge in [0.05, 0.1) is 59.3 Å². The number of rotatable bonds is 18. The molecule has 2 heterocycles. The van der Waals surface area contributed by atoms with E-state index in [0.717, 1.165) is 89.7 Å². The number of ketones is 2. The molecule has 2 aliphatic rings. The monoisotopic (exact) mass is 650 g/mol. The molecule has 0 spiro atoms. The maximum atomic E-state index is 13.1. The number of morpholine rings is 2. The van der Waals surface area contributed by atoms with E-state index in [2.05, 4.69) is 9.80 Å². The second kappa shape index (κ2) is 18.6. The molecular formula is C37H50N2O8. The van der Waals surface area contributed by atoms with Crippen LogP contribution in [0, 0.1) is 5.41 Å². The fourth-order valence-corrected chi connectivity index (χ4v) is 5.29. The van der Waals surface area contributed by atoms with Gasteiger partial charge < -0.3 is 28.4 Å². The fourth-order valence-electron chi connectivity index (χ4n) is 5.29. The van der Waals surface area contributed by atoms with Crippen LogP contribution < -0.4 is 18.9 Å². The summed E-state index contributed by atoms with van der Waals surface area (Å²) in [5.41, 5.74) is 0.296. The Kier molecular flexibility index (Phi) is 14.3. The highest BCUT2D eigenvalue weighted by molar-refractivity contribution is 6.16. The molecule has 2 fully saturated rings. The summed E-state index contributed by atoms with van der Waals surface area (Å²) < 4.78 is 33.8. The van der Waals surface area contributed by atoms with E-state index >= 15 is 0 Å². The average molecular weight is 651 g/mol. The second-order valence-corrected chi connectivity index (χ2v) is 12.2. The van der Waals surface area contributed by atoms with Crippen molar-refractivity contribution in [3.63, 3.8) is 0 Å². The van der Waals surface area contributed by atoms with E-state index in [9.17, 15) is 9.59 Å². The third-order valence-electron chi connectivity index (χ3n) is 8.42.